The molecule has 0 radical (unpaired) electrons. The molecule has 0 bridgehead atoms. The Labute approximate surface area is 115 Å². The maximum Gasteiger partial charge on any atom is 0.282 e. The van der Waals surface area contributed by atoms with Gasteiger partial charge >= 0.3 is 0 Å². The number of hydrogen-bond acceptors (Lipinski definition) is 3. The Kier molecular flexibility index (Phi) is 4.14. The van der Waals surface area contributed by atoms with Crippen LogP contribution in [-0.2, 0) is 4.79 Å². The highest BCUT2D eigenvalue weighted by Gasteiger charge is 2.23. The summed E-state index contributed by atoms with van der Waals surface area (Å²) in [6, 6.07) is 5.27. The van der Waals surface area contributed by atoms with E-state index in [4.69, 9.17) is 11.6 Å². The summed E-state index contributed by atoms with van der Waals surface area (Å²) < 4.78 is 0. The average molecular weight is 285 g/mol. The number of thioether (sulfide) groups is 1. The highest BCUT2D eigenvalue weighted by molar-refractivity contribution is 8.13. The largest absolute Gasteiger partial charge is 0.324 e. The summed E-state index contributed by atoms with van der Waals surface area (Å²) in [7, 11) is 0. The SMILES string of the molecule is Cc1cc(Cl)ccc1NC(=O)CN1CCSC1=O. The normalized spacial score (nSPS) is 15.0. The van der Waals surface area contributed by atoms with Gasteiger partial charge in [-0.05, 0) is 30.7 Å². The first-order valence-electron chi connectivity index (χ1n) is 5.54. The Hall–Kier alpha value is -1.20. The van der Waals surface area contributed by atoms with Crippen LogP contribution in [0.4, 0.5) is 10.5 Å². The van der Waals surface area contributed by atoms with E-state index in [0.717, 1.165) is 17.0 Å². The number of hydrogen-bond donors (Lipinski definition) is 1. The zero-order chi connectivity index (χ0) is 13.1. The zero-order valence-electron chi connectivity index (χ0n) is 9.90. The summed E-state index contributed by atoms with van der Waals surface area (Å²) in [6.45, 7) is 2.61. The molecule has 0 aliphatic carbocycles. The third-order valence-corrected chi connectivity index (χ3v) is 3.77. The molecule has 0 atom stereocenters. The van der Waals surface area contributed by atoms with Crippen LogP contribution in [0, 0.1) is 6.92 Å². The van der Waals surface area contributed by atoms with Gasteiger partial charge in [-0.25, -0.2) is 0 Å². The Morgan fingerprint density at radius 1 is 1.56 bits per heavy atom. The molecule has 2 amide bonds. The maximum absolute atomic E-state index is 11.8. The molecule has 1 heterocycles. The monoisotopic (exact) mass is 284 g/mol. The van der Waals surface area contributed by atoms with E-state index in [9.17, 15) is 9.59 Å². The van der Waals surface area contributed by atoms with Crippen molar-refractivity contribution in [1.29, 1.82) is 0 Å². The lowest BCUT2D eigenvalue weighted by Gasteiger charge is -2.15. The number of carbonyl (C=O) groups excluding carboxylic acids is 2. The van der Waals surface area contributed by atoms with Crippen molar-refractivity contribution in [3.63, 3.8) is 0 Å². The van der Waals surface area contributed by atoms with Crippen LogP contribution >= 0.6 is 23.4 Å². The topological polar surface area (TPSA) is 49.4 Å². The molecule has 1 aliphatic heterocycles. The van der Waals surface area contributed by atoms with Crippen LogP contribution in [0.5, 0.6) is 0 Å². The predicted molar refractivity (Wildman–Crippen MR) is 74.2 cm³/mol. The van der Waals surface area contributed by atoms with Crippen molar-refractivity contribution in [2.24, 2.45) is 0 Å². The lowest BCUT2D eigenvalue weighted by atomic mass is 10.2. The third-order valence-electron chi connectivity index (χ3n) is 2.64. The van der Waals surface area contributed by atoms with Gasteiger partial charge in [-0.15, -0.1) is 0 Å². The summed E-state index contributed by atoms with van der Waals surface area (Å²) in [5.74, 6) is 0.572. The molecule has 0 unspecified atom stereocenters. The molecule has 0 saturated carbocycles. The fourth-order valence-corrected chi connectivity index (χ4v) is 2.75. The van der Waals surface area contributed by atoms with E-state index in [1.807, 2.05) is 6.92 Å². The molecular weight excluding hydrogens is 272 g/mol. The van der Waals surface area contributed by atoms with Crippen LogP contribution in [0.1, 0.15) is 5.56 Å². The fraction of sp³-hybridized carbons (Fsp3) is 0.333. The Bertz CT molecular complexity index is 493. The van der Waals surface area contributed by atoms with Gasteiger partial charge in [-0.1, -0.05) is 23.4 Å². The van der Waals surface area contributed by atoms with Crippen molar-refractivity contribution < 1.29 is 9.59 Å². The summed E-state index contributed by atoms with van der Waals surface area (Å²) in [4.78, 5) is 24.7. The quantitative estimate of drug-likeness (QED) is 0.928. The Balaban J connectivity index is 1.96. The number of carbonyl (C=O) groups is 2. The zero-order valence-corrected chi connectivity index (χ0v) is 11.5. The smallest absolute Gasteiger partial charge is 0.282 e. The van der Waals surface area contributed by atoms with Gasteiger partial charge in [0.25, 0.3) is 5.24 Å². The molecule has 1 N–H and O–H groups in total. The van der Waals surface area contributed by atoms with Crippen LogP contribution in [0.25, 0.3) is 0 Å². The van der Waals surface area contributed by atoms with Crippen molar-refractivity contribution >= 4 is 40.2 Å². The molecule has 1 aromatic rings. The van der Waals surface area contributed by atoms with Gasteiger partial charge in [-0.2, -0.15) is 0 Å². The van der Waals surface area contributed by atoms with E-state index >= 15 is 0 Å². The van der Waals surface area contributed by atoms with Gasteiger partial charge in [0, 0.05) is 23.0 Å². The first-order chi connectivity index (χ1) is 8.56. The van der Waals surface area contributed by atoms with E-state index in [1.165, 1.54) is 11.8 Å². The summed E-state index contributed by atoms with van der Waals surface area (Å²) in [6.07, 6.45) is 0. The van der Waals surface area contributed by atoms with E-state index in [1.54, 1.807) is 23.1 Å². The first kappa shape index (κ1) is 13.2. The Morgan fingerprint density at radius 2 is 2.33 bits per heavy atom. The molecule has 0 spiro atoms. The minimum Gasteiger partial charge on any atom is -0.324 e. The van der Waals surface area contributed by atoms with Crippen molar-refractivity contribution in [2.45, 2.75) is 6.92 Å². The van der Waals surface area contributed by atoms with Gasteiger partial charge < -0.3 is 10.2 Å². The van der Waals surface area contributed by atoms with E-state index in [0.29, 0.717) is 11.6 Å². The second-order valence-electron chi connectivity index (χ2n) is 4.04. The summed E-state index contributed by atoms with van der Waals surface area (Å²) in [5, 5.41) is 3.39. The van der Waals surface area contributed by atoms with Crippen LogP contribution in [-0.4, -0.2) is 34.9 Å². The van der Waals surface area contributed by atoms with E-state index < -0.39 is 0 Å². The van der Waals surface area contributed by atoms with E-state index in [-0.39, 0.29) is 17.7 Å². The van der Waals surface area contributed by atoms with Gasteiger partial charge in [0.2, 0.25) is 5.91 Å². The van der Waals surface area contributed by atoms with Gasteiger partial charge in [-0.3, -0.25) is 9.59 Å². The molecule has 1 fully saturated rings. The van der Waals surface area contributed by atoms with Gasteiger partial charge in [0.15, 0.2) is 0 Å². The summed E-state index contributed by atoms with van der Waals surface area (Å²) >= 11 is 7.09. The van der Waals surface area contributed by atoms with Crippen LogP contribution in [0.3, 0.4) is 0 Å². The number of rotatable bonds is 3. The van der Waals surface area contributed by atoms with Gasteiger partial charge in [0.05, 0.1) is 0 Å². The highest BCUT2D eigenvalue weighted by Crippen LogP contribution is 2.20. The second-order valence-corrected chi connectivity index (χ2v) is 5.53. The average Bonchev–Trinajstić information content (AvgIpc) is 2.69. The van der Waals surface area contributed by atoms with Crippen LogP contribution in [0.15, 0.2) is 18.2 Å². The molecule has 0 aromatic heterocycles. The molecule has 1 aliphatic rings. The molecule has 2 rings (SSSR count). The first-order valence-corrected chi connectivity index (χ1v) is 6.90. The van der Waals surface area contributed by atoms with Crippen molar-refractivity contribution in [1.82, 2.24) is 4.90 Å². The maximum atomic E-state index is 11.8. The number of benzene rings is 1. The molecule has 4 nitrogen and oxygen atoms in total. The molecular formula is C12H13ClN2O2S. The molecule has 96 valence electrons. The number of nitrogens with one attached hydrogen (secondary N) is 1. The minimum absolute atomic E-state index is 0.0296. The highest BCUT2D eigenvalue weighted by atomic mass is 35.5. The van der Waals surface area contributed by atoms with Crippen LogP contribution in [0.2, 0.25) is 5.02 Å². The summed E-state index contributed by atoms with van der Waals surface area (Å²) in [5.41, 5.74) is 1.63. The number of halogens is 1. The fourth-order valence-electron chi connectivity index (χ4n) is 1.70. The Morgan fingerprint density at radius 3 is 2.94 bits per heavy atom. The predicted octanol–water partition coefficient (Wildman–Crippen LogP) is 2.76. The van der Waals surface area contributed by atoms with Crippen molar-refractivity contribution in [3.05, 3.63) is 28.8 Å². The molecule has 1 saturated heterocycles. The van der Waals surface area contributed by atoms with E-state index in [2.05, 4.69) is 5.32 Å². The van der Waals surface area contributed by atoms with Crippen molar-refractivity contribution in [2.75, 3.05) is 24.2 Å². The molecule has 6 heteroatoms. The number of aryl methyl sites for hydroxylation is 1. The molecule has 1 aromatic carbocycles. The molecule has 18 heavy (non-hydrogen) atoms. The second kappa shape index (κ2) is 5.63. The third kappa shape index (κ3) is 3.17. The van der Waals surface area contributed by atoms with Crippen molar-refractivity contribution in [3.8, 4) is 0 Å². The van der Waals surface area contributed by atoms with Crippen LogP contribution < -0.4 is 5.32 Å². The van der Waals surface area contributed by atoms with Gasteiger partial charge in [0.1, 0.15) is 6.54 Å². The lowest BCUT2D eigenvalue weighted by Crippen LogP contribution is -2.33. The standard InChI is InChI=1S/C12H13ClN2O2S/c1-8-6-9(13)2-3-10(8)14-11(16)7-15-4-5-18-12(15)17/h2-3,6H,4-5,7H2,1H3,(H,14,16). The number of anilines is 1. The lowest BCUT2D eigenvalue weighted by molar-refractivity contribution is -0.116. The number of amides is 2. The minimum atomic E-state index is -0.184. The number of nitrogens with zero attached hydrogens (tertiary/aromatic N) is 1.